The first kappa shape index (κ1) is 23.2. The van der Waals surface area contributed by atoms with Crippen LogP contribution in [0, 0.1) is 5.82 Å². The number of hydrogen-bond acceptors (Lipinski definition) is 6. The normalized spacial score (nSPS) is 14.6. The second-order valence-electron chi connectivity index (χ2n) is 8.51. The van der Waals surface area contributed by atoms with Gasteiger partial charge in [-0.2, -0.15) is 18.3 Å². The summed E-state index contributed by atoms with van der Waals surface area (Å²) in [5.74, 6) is -0.539. The predicted molar refractivity (Wildman–Crippen MR) is 124 cm³/mol. The molecule has 0 spiro atoms. The molecule has 0 saturated carbocycles. The molecule has 182 valence electrons. The third-order valence-corrected chi connectivity index (χ3v) is 6.06. The number of H-pyrrole nitrogens is 1. The third-order valence-electron chi connectivity index (χ3n) is 6.06. The molecule has 0 amide bonds. The van der Waals surface area contributed by atoms with Crippen molar-refractivity contribution in [2.75, 3.05) is 25.0 Å². The monoisotopic (exact) mass is 485 g/mol. The maximum atomic E-state index is 15.0. The van der Waals surface area contributed by atoms with Crippen LogP contribution in [0.1, 0.15) is 30.4 Å². The molecule has 1 fully saturated rings. The molecular formula is C24H23F4N7. The molecule has 5 rings (SSSR count). The van der Waals surface area contributed by atoms with Crippen LogP contribution in [0.15, 0.2) is 36.7 Å². The van der Waals surface area contributed by atoms with Crippen LogP contribution in [-0.2, 0) is 12.7 Å². The molecule has 0 aliphatic carbocycles. The van der Waals surface area contributed by atoms with E-state index in [2.05, 4.69) is 35.4 Å². The first-order valence-electron chi connectivity index (χ1n) is 11.3. The number of alkyl halides is 3. The molecule has 0 radical (unpaired) electrons. The number of pyridine rings is 1. The lowest BCUT2D eigenvalue weighted by Gasteiger charge is -2.27. The van der Waals surface area contributed by atoms with E-state index < -0.39 is 23.1 Å². The smallest absolute Gasteiger partial charge is 0.357 e. The van der Waals surface area contributed by atoms with Crippen molar-refractivity contribution in [2.45, 2.75) is 32.0 Å². The predicted octanol–water partition coefficient (Wildman–Crippen LogP) is 4.95. The van der Waals surface area contributed by atoms with Crippen LogP contribution in [0.2, 0.25) is 0 Å². The second kappa shape index (κ2) is 9.21. The molecule has 4 heterocycles. The van der Waals surface area contributed by atoms with Crippen LogP contribution in [0.4, 0.5) is 23.4 Å². The quantitative estimate of drug-likeness (QED) is 0.390. The van der Waals surface area contributed by atoms with Crippen molar-refractivity contribution in [1.29, 1.82) is 0 Å². The lowest BCUT2D eigenvalue weighted by molar-refractivity contribution is -0.137. The fourth-order valence-electron chi connectivity index (χ4n) is 4.39. The highest BCUT2D eigenvalue weighted by Gasteiger charge is 2.36. The van der Waals surface area contributed by atoms with Crippen LogP contribution in [0.25, 0.3) is 33.7 Å². The number of rotatable bonds is 5. The van der Waals surface area contributed by atoms with Gasteiger partial charge in [0.05, 0.1) is 17.3 Å². The van der Waals surface area contributed by atoms with E-state index in [4.69, 9.17) is 0 Å². The number of anilines is 1. The molecule has 1 aliphatic heterocycles. The second-order valence-corrected chi connectivity index (χ2v) is 8.51. The summed E-state index contributed by atoms with van der Waals surface area (Å²) in [5, 5.41) is 9.79. The van der Waals surface area contributed by atoms with Gasteiger partial charge in [0.2, 0.25) is 0 Å². The largest absolute Gasteiger partial charge is 0.417 e. The highest BCUT2D eigenvalue weighted by Crippen LogP contribution is 2.39. The Morgan fingerprint density at radius 1 is 1.06 bits per heavy atom. The number of aromatic amines is 1. The Kier molecular flexibility index (Phi) is 6.10. The molecule has 35 heavy (non-hydrogen) atoms. The van der Waals surface area contributed by atoms with Gasteiger partial charge in [0.15, 0.2) is 5.82 Å². The zero-order valence-corrected chi connectivity index (χ0v) is 19.0. The average molecular weight is 485 g/mol. The highest BCUT2D eigenvalue weighted by molar-refractivity contribution is 5.90. The number of nitrogens with one attached hydrogen (secondary N) is 2. The molecule has 7 nitrogen and oxygen atoms in total. The molecule has 0 unspecified atom stereocenters. The van der Waals surface area contributed by atoms with E-state index in [9.17, 15) is 17.6 Å². The average Bonchev–Trinajstić information content (AvgIpc) is 3.27. The summed E-state index contributed by atoms with van der Waals surface area (Å²) in [6.45, 7) is 2.00. The van der Waals surface area contributed by atoms with Crippen molar-refractivity contribution >= 4 is 16.9 Å². The minimum Gasteiger partial charge on any atom is -0.357 e. The summed E-state index contributed by atoms with van der Waals surface area (Å²) in [6.07, 6.45) is 1.65. The van der Waals surface area contributed by atoms with Crippen LogP contribution in [-0.4, -0.2) is 45.3 Å². The molecular weight excluding hydrogens is 462 g/mol. The Bertz CT molecular complexity index is 1340. The molecule has 0 bridgehead atoms. The minimum absolute atomic E-state index is 0.0898. The fraction of sp³-hybridized carbons (Fsp3) is 0.333. The maximum Gasteiger partial charge on any atom is 0.417 e. The lowest BCUT2D eigenvalue weighted by Crippen LogP contribution is -2.29. The van der Waals surface area contributed by atoms with Gasteiger partial charge in [-0.15, -0.1) is 0 Å². The van der Waals surface area contributed by atoms with Crippen molar-refractivity contribution in [1.82, 2.24) is 30.5 Å². The van der Waals surface area contributed by atoms with Gasteiger partial charge in [-0.05, 0) is 56.1 Å². The van der Waals surface area contributed by atoms with Gasteiger partial charge in [-0.3, -0.25) is 5.10 Å². The first-order valence-corrected chi connectivity index (χ1v) is 11.3. The van der Waals surface area contributed by atoms with Gasteiger partial charge < -0.3 is 10.2 Å². The van der Waals surface area contributed by atoms with E-state index in [0.29, 0.717) is 16.8 Å². The summed E-state index contributed by atoms with van der Waals surface area (Å²) >= 11 is 0. The Balaban J connectivity index is 1.56. The Labute approximate surface area is 198 Å². The summed E-state index contributed by atoms with van der Waals surface area (Å²) in [7, 11) is 1.57. The van der Waals surface area contributed by atoms with E-state index in [-0.39, 0.29) is 23.4 Å². The van der Waals surface area contributed by atoms with Crippen LogP contribution >= 0.6 is 0 Å². The molecule has 3 aromatic heterocycles. The number of aromatic nitrogens is 5. The molecule has 1 aromatic carbocycles. The van der Waals surface area contributed by atoms with Gasteiger partial charge in [0, 0.05) is 31.4 Å². The van der Waals surface area contributed by atoms with Crippen molar-refractivity contribution in [3.8, 4) is 22.6 Å². The Hall–Kier alpha value is -3.60. The number of nitrogens with zero attached hydrogens (tertiary/aromatic N) is 5. The number of fused-ring (bicyclic) bond motifs is 1. The number of halogens is 4. The highest BCUT2D eigenvalue weighted by atomic mass is 19.4. The van der Waals surface area contributed by atoms with Gasteiger partial charge >= 0.3 is 6.18 Å². The van der Waals surface area contributed by atoms with E-state index >= 15 is 0 Å². The zero-order chi connectivity index (χ0) is 24.6. The molecule has 1 saturated heterocycles. The van der Waals surface area contributed by atoms with Crippen molar-refractivity contribution in [3.05, 3.63) is 53.6 Å². The maximum absolute atomic E-state index is 15.0. The number of piperidine rings is 1. The molecule has 4 aromatic rings. The SMILES string of the molecule is CNCc1cc(F)c(-c2ncc3[nH]nc(-c4ccc(N5CCCCC5)nc4)c3n2)c(C(F)(F)F)c1. The van der Waals surface area contributed by atoms with E-state index in [1.54, 1.807) is 13.2 Å². The van der Waals surface area contributed by atoms with Gasteiger partial charge in [-0.25, -0.2) is 19.3 Å². The van der Waals surface area contributed by atoms with Crippen LogP contribution < -0.4 is 10.2 Å². The van der Waals surface area contributed by atoms with Gasteiger partial charge in [0.25, 0.3) is 0 Å². The fourth-order valence-corrected chi connectivity index (χ4v) is 4.39. The summed E-state index contributed by atoms with van der Waals surface area (Å²) in [4.78, 5) is 15.1. The van der Waals surface area contributed by atoms with Crippen molar-refractivity contribution < 1.29 is 17.6 Å². The summed E-state index contributed by atoms with van der Waals surface area (Å²) in [6, 6.07) is 5.73. The Morgan fingerprint density at radius 3 is 2.54 bits per heavy atom. The lowest BCUT2D eigenvalue weighted by atomic mass is 10.0. The third kappa shape index (κ3) is 4.55. The molecule has 0 atom stereocenters. The van der Waals surface area contributed by atoms with Gasteiger partial charge in [0.1, 0.15) is 28.4 Å². The molecule has 2 N–H and O–H groups in total. The zero-order valence-electron chi connectivity index (χ0n) is 19.0. The summed E-state index contributed by atoms with van der Waals surface area (Å²) < 4.78 is 56.5. The Morgan fingerprint density at radius 2 is 1.86 bits per heavy atom. The summed E-state index contributed by atoms with van der Waals surface area (Å²) in [5.41, 5.74) is 0.110. The topological polar surface area (TPSA) is 82.6 Å². The van der Waals surface area contributed by atoms with E-state index in [1.807, 2.05) is 12.1 Å². The van der Waals surface area contributed by atoms with Crippen LogP contribution in [0.5, 0.6) is 0 Å². The van der Waals surface area contributed by atoms with Crippen LogP contribution in [0.3, 0.4) is 0 Å². The standard InChI is InChI=1S/C24H23F4N7/c1-29-11-14-9-16(24(26,27)28)20(17(25)10-14)23-31-13-18-22(32-23)21(34-33-18)15-5-6-19(30-12-15)35-7-3-2-4-8-35/h5-6,9-10,12-13,29H,2-4,7-8,11H2,1H3,(H,33,34). The number of hydrogen-bond donors (Lipinski definition) is 2. The minimum atomic E-state index is -4.79. The molecule has 11 heteroatoms. The van der Waals surface area contributed by atoms with E-state index in [0.717, 1.165) is 43.9 Å². The molecule has 1 aliphatic rings. The van der Waals surface area contributed by atoms with E-state index in [1.165, 1.54) is 12.6 Å². The van der Waals surface area contributed by atoms with Crippen molar-refractivity contribution in [2.24, 2.45) is 0 Å². The first-order chi connectivity index (χ1) is 16.8. The van der Waals surface area contributed by atoms with Gasteiger partial charge in [-0.1, -0.05) is 0 Å². The number of benzene rings is 1. The van der Waals surface area contributed by atoms with Crippen molar-refractivity contribution in [3.63, 3.8) is 0 Å².